The van der Waals surface area contributed by atoms with Crippen LogP contribution in [0.3, 0.4) is 0 Å². The number of likely N-dealkylation sites (tertiary alicyclic amines) is 1. The fraction of sp³-hybridized carbons (Fsp3) is 0.318. The minimum absolute atomic E-state index is 0.0414. The third-order valence-corrected chi connectivity index (χ3v) is 5.03. The number of benzene rings is 1. The number of rotatable bonds is 4. The van der Waals surface area contributed by atoms with Gasteiger partial charge in [0.1, 0.15) is 6.54 Å². The molecular weight excluding hydrogens is 449 g/mol. The van der Waals surface area contributed by atoms with Crippen molar-refractivity contribution in [1.29, 1.82) is 0 Å². The smallest absolute Gasteiger partial charge is 0.475 e. The molecule has 0 saturated carbocycles. The highest BCUT2D eigenvalue weighted by atomic mass is 19.4. The largest absolute Gasteiger partial charge is 0.490 e. The molecule has 1 N–H and O–H groups in total. The van der Waals surface area contributed by atoms with Gasteiger partial charge in [0.2, 0.25) is 5.91 Å². The Hall–Kier alpha value is -3.50. The maximum atomic E-state index is 13.0. The molecule has 3 aromatic rings. The molecule has 0 unspecified atom stereocenters. The van der Waals surface area contributed by atoms with Crippen LogP contribution in [0.2, 0.25) is 0 Å². The van der Waals surface area contributed by atoms with E-state index in [0.717, 1.165) is 28.6 Å². The molecule has 4 rings (SSSR count). The summed E-state index contributed by atoms with van der Waals surface area (Å²) in [4.78, 5) is 26.8. The first-order valence-electron chi connectivity index (χ1n) is 9.89. The van der Waals surface area contributed by atoms with E-state index in [9.17, 15) is 26.7 Å². The van der Waals surface area contributed by atoms with E-state index in [4.69, 9.17) is 9.90 Å². The summed E-state index contributed by atoms with van der Waals surface area (Å²) < 4.78 is 59.5. The van der Waals surface area contributed by atoms with Crippen LogP contribution in [-0.2, 0) is 22.6 Å². The summed E-state index contributed by atoms with van der Waals surface area (Å²) in [5.74, 6) is -5.80. The van der Waals surface area contributed by atoms with Crippen molar-refractivity contribution in [2.45, 2.75) is 32.0 Å². The number of amides is 1. The van der Waals surface area contributed by atoms with Gasteiger partial charge < -0.3 is 14.6 Å². The lowest BCUT2D eigenvalue weighted by Crippen LogP contribution is -2.59. The molecule has 176 valence electrons. The summed E-state index contributed by atoms with van der Waals surface area (Å²) in [6.07, 6.45) is -0.534. The number of hydrogen-bond donors (Lipinski definition) is 1. The molecule has 6 nitrogen and oxygen atoms in total. The molecule has 0 bridgehead atoms. The molecule has 0 atom stereocenters. The molecule has 33 heavy (non-hydrogen) atoms. The number of carbonyl (C=O) groups is 2. The number of carboxylic acids is 1. The number of carboxylic acid groups (broad SMARTS) is 1. The minimum Gasteiger partial charge on any atom is -0.475 e. The zero-order valence-electron chi connectivity index (χ0n) is 17.4. The van der Waals surface area contributed by atoms with E-state index < -0.39 is 31.2 Å². The number of aliphatic carboxylic acids is 1. The third kappa shape index (κ3) is 5.85. The van der Waals surface area contributed by atoms with Crippen molar-refractivity contribution in [2.24, 2.45) is 0 Å². The van der Waals surface area contributed by atoms with Gasteiger partial charge in [-0.2, -0.15) is 13.2 Å². The second-order valence-corrected chi connectivity index (χ2v) is 7.53. The number of aromatic nitrogens is 2. The zero-order valence-corrected chi connectivity index (χ0v) is 17.4. The lowest BCUT2D eigenvalue weighted by Gasteiger charge is -2.38. The number of nitrogens with zero attached hydrogens (tertiary/aromatic N) is 3. The highest BCUT2D eigenvalue weighted by Gasteiger charge is 2.46. The summed E-state index contributed by atoms with van der Waals surface area (Å²) in [5.41, 5.74) is 4.88. The van der Waals surface area contributed by atoms with Gasteiger partial charge in [-0.05, 0) is 29.7 Å². The first kappa shape index (κ1) is 24.1. The molecule has 0 spiro atoms. The Bertz CT molecular complexity index is 1170. The van der Waals surface area contributed by atoms with Crippen LogP contribution in [0.1, 0.15) is 12.5 Å². The number of alkyl halides is 5. The molecule has 1 aliphatic rings. The Morgan fingerprint density at radius 3 is 2.36 bits per heavy atom. The number of carbonyl (C=O) groups excluding carboxylic acids is 1. The normalized spacial score (nSPS) is 14.9. The van der Waals surface area contributed by atoms with E-state index in [2.05, 4.69) is 24.0 Å². The zero-order chi connectivity index (χ0) is 24.4. The van der Waals surface area contributed by atoms with Crippen molar-refractivity contribution >= 4 is 22.9 Å². The monoisotopic (exact) mass is 469 g/mol. The summed E-state index contributed by atoms with van der Waals surface area (Å²) >= 11 is 0. The minimum atomic E-state index is -5.08. The van der Waals surface area contributed by atoms with Crippen molar-refractivity contribution < 1.29 is 36.6 Å². The number of fused-ring (bicyclic) bond motifs is 1. The molecule has 1 fully saturated rings. The van der Waals surface area contributed by atoms with Crippen molar-refractivity contribution in [1.82, 2.24) is 14.5 Å². The Kier molecular flexibility index (Phi) is 6.71. The van der Waals surface area contributed by atoms with Gasteiger partial charge in [-0.25, -0.2) is 13.6 Å². The van der Waals surface area contributed by atoms with Gasteiger partial charge in [-0.3, -0.25) is 9.78 Å². The summed E-state index contributed by atoms with van der Waals surface area (Å²) in [6.45, 7) is 1.17. The fourth-order valence-corrected chi connectivity index (χ4v) is 3.26. The SMILES string of the molecule is CCc1cccc(-c2cnc3ccn(CC(=O)N4CC(F)(F)C4)c3c2)c1.O=C(O)C(F)(F)F. The molecule has 11 heteroatoms. The predicted octanol–water partition coefficient (Wildman–Crippen LogP) is 4.38. The Morgan fingerprint density at radius 1 is 1.12 bits per heavy atom. The van der Waals surface area contributed by atoms with Gasteiger partial charge in [-0.1, -0.05) is 31.2 Å². The predicted molar refractivity (Wildman–Crippen MR) is 110 cm³/mol. The lowest BCUT2D eigenvalue weighted by atomic mass is 10.0. The average Bonchev–Trinajstić information content (AvgIpc) is 3.13. The number of aryl methyl sites for hydroxylation is 1. The highest BCUT2D eigenvalue weighted by Crippen LogP contribution is 2.28. The Balaban J connectivity index is 0.000000383. The maximum Gasteiger partial charge on any atom is 0.490 e. The van der Waals surface area contributed by atoms with E-state index >= 15 is 0 Å². The molecule has 1 aliphatic heterocycles. The Morgan fingerprint density at radius 2 is 1.79 bits per heavy atom. The standard InChI is InChI=1S/C20H19F2N3O.C2HF3O2/c1-2-14-4-3-5-15(8-14)16-9-18-17(23-10-16)6-7-24(18)11-19(26)25-12-20(21,22)13-25;3-2(4,5)1(6)7/h3-10H,2,11-13H2,1H3;(H,6,7). The van der Waals surface area contributed by atoms with E-state index in [0.29, 0.717) is 0 Å². The molecule has 1 amide bonds. The van der Waals surface area contributed by atoms with E-state index in [-0.39, 0.29) is 12.5 Å². The summed E-state index contributed by atoms with van der Waals surface area (Å²) in [5, 5.41) is 7.12. The van der Waals surface area contributed by atoms with E-state index in [1.165, 1.54) is 10.5 Å². The van der Waals surface area contributed by atoms with Crippen LogP contribution in [0.15, 0.2) is 48.8 Å². The third-order valence-electron chi connectivity index (χ3n) is 5.03. The van der Waals surface area contributed by atoms with Crippen molar-refractivity contribution in [3.05, 3.63) is 54.4 Å². The summed E-state index contributed by atoms with van der Waals surface area (Å²) in [7, 11) is 0. The highest BCUT2D eigenvalue weighted by molar-refractivity contribution is 5.84. The van der Waals surface area contributed by atoms with Crippen molar-refractivity contribution in [2.75, 3.05) is 13.1 Å². The van der Waals surface area contributed by atoms with Crippen LogP contribution >= 0.6 is 0 Å². The maximum absolute atomic E-state index is 13.0. The van der Waals surface area contributed by atoms with Gasteiger partial charge in [0.05, 0.1) is 24.1 Å². The van der Waals surface area contributed by atoms with Crippen LogP contribution in [-0.4, -0.2) is 56.6 Å². The second kappa shape index (κ2) is 9.16. The molecular formula is C22H20F5N3O3. The first-order chi connectivity index (χ1) is 15.4. The lowest BCUT2D eigenvalue weighted by molar-refractivity contribution is -0.192. The molecule has 3 heterocycles. The van der Waals surface area contributed by atoms with E-state index in [1.807, 2.05) is 30.5 Å². The quantitative estimate of drug-likeness (QED) is 0.576. The van der Waals surface area contributed by atoms with Crippen molar-refractivity contribution in [3.8, 4) is 11.1 Å². The molecule has 0 aliphatic carbocycles. The Labute approximate surface area is 185 Å². The van der Waals surface area contributed by atoms with Crippen LogP contribution in [0, 0.1) is 0 Å². The number of pyridine rings is 1. The summed E-state index contributed by atoms with van der Waals surface area (Å²) in [6, 6.07) is 12.1. The van der Waals surface area contributed by atoms with Crippen LogP contribution in [0.25, 0.3) is 22.2 Å². The fourth-order valence-electron chi connectivity index (χ4n) is 3.26. The molecule has 0 radical (unpaired) electrons. The van der Waals surface area contributed by atoms with Crippen LogP contribution < -0.4 is 0 Å². The number of halogens is 5. The van der Waals surface area contributed by atoms with Gasteiger partial charge in [0, 0.05) is 18.0 Å². The number of hydrogen-bond acceptors (Lipinski definition) is 3. The van der Waals surface area contributed by atoms with Crippen LogP contribution in [0.4, 0.5) is 22.0 Å². The van der Waals surface area contributed by atoms with E-state index in [1.54, 1.807) is 10.8 Å². The van der Waals surface area contributed by atoms with Gasteiger partial charge >= 0.3 is 12.1 Å². The topological polar surface area (TPSA) is 75.4 Å². The van der Waals surface area contributed by atoms with Crippen molar-refractivity contribution in [3.63, 3.8) is 0 Å². The van der Waals surface area contributed by atoms with Crippen LogP contribution in [0.5, 0.6) is 0 Å². The first-order valence-corrected chi connectivity index (χ1v) is 9.89. The van der Waals surface area contributed by atoms with Gasteiger partial charge in [0.25, 0.3) is 5.92 Å². The average molecular weight is 469 g/mol. The molecule has 1 aromatic carbocycles. The van der Waals surface area contributed by atoms with Gasteiger partial charge in [0.15, 0.2) is 0 Å². The second-order valence-electron chi connectivity index (χ2n) is 7.53. The molecule has 1 saturated heterocycles. The molecule has 2 aromatic heterocycles. The van der Waals surface area contributed by atoms with Gasteiger partial charge in [-0.15, -0.1) is 0 Å².